The second kappa shape index (κ2) is 6.71. The predicted molar refractivity (Wildman–Crippen MR) is 78.9 cm³/mol. The SMILES string of the molecule is C=CCOC(=O)N1CCCC(c2nc(C)c(C(=O)O)s2)C1. The molecule has 2 rings (SSSR count). The van der Waals surface area contributed by atoms with E-state index >= 15 is 0 Å². The number of rotatable bonds is 4. The fraction of sp³-hybridized carbons (Fsp3) is 0.500. The largest absolute Gasteiger partial charge is 0.477 e. The molecule has 0 aliphatic carbocycles. The zero-order chi connectivity index (χ0) is 15.4. The molecule has 7 heteroatoms. The van der Waals surface area contributed by atoms with Crippen molar-refractivity contribution in [2.75, 3.05) is 19.7 Å². The van der Waals surface area contributed by atoms with Crippen molar-refractivity contribution >= 4 is 23.4 Å². The van der Waals surface area contributed by atoms with Crippen LogP contribution in [0.1, 0.15) is 39.1 Å². The third-order valence-electron chi connectivity index (χ3n) is 3.36. The van der Waals surface area contributed by atoms with Crippen LogP contribution in [0.25, 0.3) is 0 Å². The van der Waals surface area contributed by atoms with Gasteiger partial charge in [0.15, 0.2) is 0 Å². The molecule has 1 amide bonds. The Morgan fingerprint density at radius 2 is 2.38 bits per heavy atom. The summed E-state index contributed by atoms with van der Waals surface area (Å²) in [4.78, 5) is 29.2. The average Bonchev–Trinajstić information content (AvgIpc) is 2.87. The summed E-state index contributed by atoms with van der Waals surface area (Å²) in [5.41, 5.74) is 0.536. The van der Waals surface area contributed by atoms with Crippen molar-refractivity contribution in [3.05, 3.63) is 28.2 Å². The van der Waals surface area contributed by atoms with E-state index in [9.17, 15) is 9.59 Å². The van der Waals surface area contributed by atoms with Crippen LogP contribution in [0, 0.1) is 6.92 Å². The number of aromatic carboxylic acids is 1. The van der Waals surface area contributed by atoms with E-state index in [4.69, 9.17) is 9.84 Å². The average molecular weight is 310 g/mol. The minimum Gasteiger partial charge on any atom is -0.477 e. The Morgan fingerprint density at radius 1 is 1.62 bits per heavy atom. The summed E-state index contributed by atoms with van der Waals surface area (Å²) in [7, 11) is 0. The number of aryl methyl sites for hydroxylation is 1. The molecule has 1 aromatic heterocycles. The lowest BCUT2D eigenvalue weighted by atomic mass is 9.99. The Kier molecular flexibility index (Phi) is 4.95. The van der Waals surface area contributed by atoms with Crippen LogP contribution in [0.3, 0.4) is 0 Å². The number of thiazole rings is 1. The first kappa shape index (κ1) is 15.5. The van der Waals surface area contributed by atoms with Gasteiger partial charge in [-0.25, -0.2) is 14.6 Å². The van der Waals surface area contributed by atoms with Crippen molar-refractivity contribution in [1.29, 1.82) is 0 Å². The lowest BCUT2D eigenvalue weighted by Crippen LogP contribution is -2.39. The van der Waals surface area contributed by atoms with Gasteiger partial charge >= 0.3 is 12.1 Å². The van der Waals surface area contributed by atoms with Crippen molar-refractivity contribution in [1.82, 2.24) is 9.88 Å². The lowest BCUT2D eigenvalue weighted by Gasteiger charge is -2.30. The molecule has 0 bridgehead atoms. The third kappa shape index (κ3) is 3.60. The maximum atomic E-state index is 11.9. The van der Waals surface area contributed by atoms with Crippen LogP contribution in [0.2, 0.25) is 0 Å². The van der Waals surface area contributed by atoms with Crippen LogP contribution in [0.5, 0.6) is 0 Å². The maximum absolute atomic E-state index is 11.9. The molecule has 1 fully saturated rings. The highest BCUT2D eigenvalue weighted by Gasteiger charge is 2.28. The number of piperidine rings is 1. The van der Waals surface area contributed by atoms with Crippen LogP contribution in [0.15, 0.2) is 12.7 Å². The number of carbonyl (C=O) groups excluding carboxylic acids is 1. The first-order valence-corrected chi connectivity index (χ1v) is 7.57. The summed E-state index contributed by atoms with van der Waals surface area (Å²) in [6.45, 7) is 6.57. The van der Waals surface area contributed by atoms with Crippen molar-refractivity contribution in [2.24, 2.45) is 0 Å². The highest BCUT2D eigenvalue weighted by molar-refractivity contribution is 7.13. The number of carboxylic acids is 1. The second-order valence-corrected chi connectivity index (χ2v) is 5.95. The van der Waals surface area contributed by atoms with Crippen LogP contribution >= 0.6 is 11.3 Å². The third-order valence-corrected chi connectivity index (χ3v) is 4.67. The molecule has 1 atom stereocenters. The van der Waals surface area contributed by atoms with Crippen LogP contribution in [-0.4, -0.2) is 46.7 Å². The van der Waals surface area contributed by atoms with Crippen molar-refractivity contribution < 1.29 is 19.4 Å². The Hall–Kier alpha value is -1.89. The zero-order valence-corrected chi connectivity index (χ0v) is 12.7. The van der Waals surface area contributed by atoms with Gasteiger partial charge in [0.25, 0.3) is 0 Å². The number of carboxylic acid groups (broad SMARTS) is 1. The molecule has 2 heterocycles. The normalized spacial score (nSPS) is 18.3. The van der Waals surface area contributed by atoms with E-state index in [1.165, 1.54) is 17.4 Å². The van der Waals surface area contributed by atoms with Gasteiger partial charge in [-0.2, -0.15) is 0 Å². The van der Waals surface area contributed by atoms with Gasteiger partial charge in [0.05, 0.1) is 10.7 Å². The van der Waals surface area contributed by atoms with Gasteiger partial charge in [-0.3, -0.25) is 0 Å². The fourth-order valence-electron chi connectivity index (χ4n) is 2.36. The van der Waals surface area contributed by atoms with E-state index in [1.54, 1.807) is 11.8 Å². The molecule has 1 aliphatic rings. The summed E-state index contributed by atoms with van der Waals surface area (Å²) in [6, 6.07) is 0. The van der Waals surface area contributed by atoms with Crippen molar-refractivity contribution in [2.45, 2.75) is 25.7 Å². The standard InChI is InChI=1S/C14H18N2O4S/c1-3-7-20-14(19)16-6-4-5-10(8-16)12-15-9(2)11(21-12)13(17)18/h3,10H,1,4-8H2,2H3,(H,17,18). The van der Waals surface area contributed by atoms with Gasteiger partial charge in [-0.05, 0) is 19.8 Å². The molecule has 0 saturated carbocycles. The van der Waals surface area contributed by atoms with Crippen LogP contribution in [0.4, 0.5) is 4.79 Å². The topological polar surface area (TPSA) is 79.7 Å². The monoisotopic (exact) mass is 310 g/mol. The first-order chi connectivity index (χ1) is 10.0. The number of ether oxygens (including phenoxy) is 1. The van der Waals surface area contributed by atoms with E-state index in [2.05, 4.69) is 11.6 Å². The molecule has 1 aliphatic heterocycles. The Morgan fingerprint density at radius 3 is 3.00 bits per heavy atom. The van der Waals surface area contributed by atoms with Gasteiger partial charge in [-0.1, -0.05) is 12.7 Å². The Balaban J connectivity index is 2.07. The molecule has 114 valence electrons. The van der Waals surface area contributed by atoms with E-state index in [0.717, 1.165) is 17.8 Å². The first-order valence-electron chi connectivity index (χ1n) is 6.76. The highest BCUT2D eigenvalue weighted by atomic mass is 32.1. The minimum atomic E-state index is -0.950. The number of carbonyl (C=O) groups is 2. The van der Waals surface area contributed by atoms with Crippen molar-refractivity contribution in [3.8, 4) is 0 Å². The van der Waals surface area contributed by atoms with E-state index in [1.807, 2.05) is 0 Å². The molecule has 0 aromatic carbocycles. The fourth-order valence-corrected chi connectivity index (χ4v) is 3.39. The number of hydrogen-bond donors (Lipinski definition) is 1. The Bertz CT molecular complexity index is 555. The molecular formula is C14H18N2O4S. The summed E-state index contributed by atoms with van der Waals surface area (Å²) < 4.78 is 5.04. The number of hydrogen-bond acceptors (Lipinski definition) is 5. The molecule has 6 nitrogen and oxygen atoms in total. The van der Waals surface area contributed by atoms with E-state index in [-0.39, 0.29) is 23.5 Å². The highest BCUT2D eigenvalue weighted by Crippen LogP contribution is 2.31. The van der Waals surface area contributed by atoms with Gasteiger partial charge in [0, 0.05) is 19.0 Å². The molecule has 21 heavy (non-hydrogen) atoms. The smallest absolute Gasteiger partial charge is 0.410 e. The number of aromatic nitrogens is 1. The molecule has 0 spiro atoms. The van der Waals surface area contributed by atoms with Gasteiger partial charge in [0.1, 0.15) is 11.5 Å². The molecule has 1 saturated heterocycles. The molecular weight excluding hydrogens is 292 g/mol. The van der Waals surface area contributed by atoms with Crippen LogP contribution in [-0.2, 0) is 4.74 Å². The van der Waals surface area contributed by atoms with E-state index < -0.39 is 5.97 Å². The van der Waals surface area contributed by atoms with Crippen LogP contribution < -0.4 is 0 Å². The van der Waals surface area contributed by atoms with E-state index in [0.29, 0.717) is 18.8 Å². The quantitative estimate of drug-likeness (QED) is 0.865. The summed E-state index contributed by atoms with van der Waals surface area (Å²) in [6.07, 6.45) is 2.93. The van der Waals surface area contributed by atoms with Gasteiger partial charge < -0.3 is 14.7 Å². The number of likely N-dealkylation sites (tertiary alicyclic amines) is 1. The summed E-state index contributed by atoms with van der Waals surface area (Å²) in [5, 5.41) is 9.87. The zero-order valence-electron chi connectivity index (χ0n) is 11.9. The van der Waals surface area contributed by atoms with Gasteiger partial charge in [0.2, 0.25) is 0 Å². The molecule has 1 aromatic rings. The summed E-state index contributed by atoms with van der Waals surface area (Å²) in [5.74, 6) is -0.874. The number of amides is 1. The molecule has 1 unspecified atom stereocenters. The maximum Gasteiger partial charge on any atom is 0.410 e. The summed E-state index contributed by atoms with van der Waals surface area (Å²) >= 11 is 1.20. The predicted octanol–water partition coefficient (Wildman–Crippen LogP) is 2.65. The molecule has 0 radical (unpaired) electrons. The second-order valence-electron chi connectivity index (χ2n) is 4.92. The Labute approximate surface area is 127 Å². The lowest BCUT2D eigenvalue weighted by molar-refractivity contribution is 0.0701. The minimum absolute atomic E-state index is 0.0758. The van der Waals surface area contributed by atoms with Crippen molar-refractivity contribution in [3.63, 3.8) is 0 Å². The van der Waals surface area contributed by atoms with Gasteiger partial charge in [-0.15, -0.1) is 11.3 Å². The number of nitrogens with zero attached hydrogens (tertiary/aromatic N) is 2. The molecule has 1 N–H and O–H groups in total.